The average Bonchev–Trinajstić information content (AvgIpc) is 3.29. The molecular formula is C21H22N2O4. The van der Waals surface area contributed by atoms with Crippen molar-refractivity contribution in [2.45, 2.75) is 26.9 Å². The lowest BCUT2D eigenvalue weighted by Crippen LogP contribution is -2.28. The summed E-state index contributed by atoms with van der Waals surface area (Å²) in [5.41, 5.74) is 3.40. The first kappa shape index (κ1) is 18.5. The Hall–Kier alpha value is -3.28. The van der Waals surface area contributed by atoms with Crippen molar-refractivity contribution in [2.24, 2.45) is 0 Å². The monoisotopic (exact) mass is 366 g/mol. The van der Waals surface area contributed by atoms with Gasteiger partial charge in [-0.2, -0.15) is 0 Å². The molecule has 0 aliphatic heterocycles. The van der Waals surface area contributed by atoms with E-state index in [9.17, 15) is 9.59 Å². The van der Waals surface area contributed by atoms with Gasteiger partial charge in [0.05, 0.1) is 18.4 Å². The first-order chi connectivity index (χ1) is 13.0. The van der Waals surface area contributed by atoms with Crippen molar-refractivity contribution in [1.82, 2.24) is 9.88 Å². The van der Waals surface area contributed by atoms with Crippen LogP contribution < -0.4 is 5.32 Å². The predicted octanol–water partition coefficient (Wildman–Crippen LogP) is 3.22. The molecule has 3 rings (SSSR count). The normalized spacial score (nSPS) is 10.6. The number of aromatic nitrogens is 1. The Morgan fingerprint density at radius 1 is 1.11 bits per heavy atom. The second-order valence-corrected chi connectivity index (χ2v) is 6.29. The summed E-state index contributed by atoms with van der Waals surface area (Å²) < 4.78 is 12.4. The van der Waals surface area contributed by atoms with Crippen molar-refractivity contribution >= 4 is 11.9 Å². The molecule has 0 aliphatic carbocycles. The van der Waals surface area contributed by atoms with Crippen molar-refractivity contribution in [3.05, 3.63) is 83.1 Å². The van der Waals surface area contributed by atoms with Gasteiger partial charge in [-0.15, -0.1) is 0 Å². The lowest BCUT2D eigenvalue weighted by Gasteiger charge is -2.10. The van der Waals surface area contributed by atoms with E-state index in [1.165, 1.54) is 6.26 Å². The van der Waals surface area contributed by atoms with Crippen LogP contribution in [0.2, 0.25) is 0 Å². The van der Waals surface area contributed by atoms with Crippen molar-refractivity contribution in [2.75, 3.05) is 6.61 Å². The minimum Gasteiger partial charge on any atom is -0.467 e. The van der Waals surface area contributed by atoms with Gasteiger partial charge >= 0.3 is 5.97 Å². The van der Waals surface area contributed by atoms with Gasteiger partial charge in [0.25, 0.3) is 5.91 Å². The summed E-state index contributed by atoms with van der Waals surface area (Å²) in [4.78, 5) is 24.2. The molecule has 0 saturated carbocycles. The molecule has 0 aliphatic rings. The molecule has 6 nitrogen and oxygen atoms in total. The number of nitrogens with one attached hydrogen (secondary N) is 1. The second-order valence-electron chi connectivity index (χ2n) is 6.29. The molecule has 6 heteroatoms. The van der Waals surface area contributed by atoms with Gasteiger partial charge in [0.15, 0.2) is 6.61 Å². The van der Waals surface area contributed by atoms with Gasteiger partial charge in [0, 0.05) is 17.9 Å². The topological polar surface area (TPSA) is 73.5 Å². The smallest absolute Gasteiger partial charge is 0.340 e. The van der Waals surface area contributed by atoms with E-state index in [0.29, 0.717) is 17.9 Å². The van der Waals surface area contributed by atoms with Crippen molar-refractivity contribution < 1.29 is 18.7 Å². The third-order valence-corrected chi connectivity index (χ3v) is 4.35. The zero-order chi connectivity index (χ0) is 19.2. The molecule has 1 amide bonds. The molecule has 0 saturated heterocycles. The van der Waals surface area contributed by atoms with Crippen LogP contribution in [0, 0.1) is 13.8 Å². The van der Waals surface area contributed by atoms with E-state index in [2.05, 4.69) is 9.88 Å². The van der Waals surface area contributed by atoms with Crippen LogP contribution in [-0.4, -0.2) is 23.1 Å². The van der Waals surface area contributed by atoms with Crippen LogP contribution in [0.4, 0.5) is 0 Å². The summed E-state index contributed by atoms with van der Waals surface area (Å²) in [6, 6.07) is 15.3. The Morgan fingerprint density at radius 2 is 1.89 bits per heavy atom. The number of esters is 1. The molecule has 0 fully saturated rings. The van der Waals surface area contributed by atoms with Gasteiger partial charge in [0.2, 0.25) is 0 Å². The molecule has 0 bridgehead atoms. The van der Waals surface area contributed by atoms with Crippen LogP contribution in [0.15, 0.2) is 59.2 Å². The summed E-state index contributed by atoms with van der Waals surface area (Å²) in [6.45, 7) is 4.43. The molecule has 0 atom stereocenters. The van der Waals surface area contributed by atoms with E-state index in [1.54, 1.807) is 18.2 Å². The summed E-state index contributed by atoms with van der Waals surface area (Å²) in [6.07, 6.45) is 1.53. The maximum atomic E-state index is 12.4. The van der Waals surface area contributed by atoms with Crippen LogP contribution >= 0.6 is 0 Å². The molecule has 3 aromatic rings. The van der Waals surface area contributed by atoms with Gasteiger partial charge < -0.3 is 19.0 Å². The van der Waals surface area contributed by atoms with E-state index in [0.717, 1.165) is 17.0 Å². The highest BCUT2D eigenvalue weighted by Crippen LogP contribution is 2.18. The van der Waals surface area contributed by atoms with Gasteiger partial charge in [0.1, 0.15) is 5.76 Å². The number of amides is 1. The Kier molecular flexibility index (Phi) is 5.76. The van der Waals surface area contributed by atoms with Gasteiger partial charge in [-0.25, -0.2) is 4.79 Å². The highest BCUT2D eigenvalue weighted by atomic mass is 16.5. The van der Waals surface area contributed by atoms with Crippen molar-refractivity contribution in [1.29, 1.82) is 0 Å². The number of rotatable bonds is 7. The van der Waals surface area contributed by atoms with Crippen LogP contribution in [0.5, 0.6) is 0 Å². The molecule has 0 radical (unpaired) electrons. The van der Waals surface area contributed by atoms with E-state index >= 15 is 0 Å². The second kappa shape index (κ2) is 8.40. The first-order valence-corrected chi connectivity index (χ1v) is 8.71. The third-order valence-electron chi connectivity index (χ3n) is 4.35. The molecule has 2 heterocycles. The fourth-order valence-electron chi connectivity index (χ4n) is 2.88. The number of benzene rings is 1. The van der Waals surface area contributed by atoms with Gasteiger partial charge in [-0.05, 0) is 37.6 Å². The number of aryl methyl sites for hydroxylation is 1. The quantitative estimate of drug-likeness (QED) is 0.652. The molecule has 0 unspecified atom stereocenters. The Morgan fingerprint density at radius 3 is 2.59 bits per heavy atom. The minimum atomic E-state index is -0.504. The maximum Gasteiger partial charge on any atom is 0.340 e. The molecule has 140 valence electrons. The Labute approximate surface area is 157 Å². The lowest BCUT2D eigenvalue weighted by molar-refractivity contribution is -0.124. The lowest BCUT2D eigenvalue weighted by atomic mass is 10.2. The fourth-order valence-corrected chi connectivity index (χ4v) is 2.88. The summed E-state index contributed by atoms with van der Waals surface area (Å²) >= 11 is 0. The highest BCUT2D eigenvalue weighted by Gasteiger charge is 2.18. The Balaban J connectivity index is 1.58. The molecule has 2 aromatic heterocycles. The number of furan rings is 1. The van der Waals surface area contributed by atoms with Crippen LogP contribution in [0.3, 0.4) is 0 Å². The van der Waals surface area contributed by atoms with E-state index in [1.807, 2.05) is 44.2 Å². The van der Waals surface area contributed by atoms with Crippen molar-refractivity contribution in [3.63, 3.8) is 0 Å². The standard InChI is InChI=1S/C21H22N2O4/c1-15-11-19(16(2)23(15)13-17-7-4-3-5-8-17)21(25)27-14-20(24)22-12-18-9-6-10-26-18/h3-11H,12-14H2,1-2H3,(H,22,24). The van der Waals surface area contributed by atoms with Crippen LogP contribution in [-0.2, 0) is 22.6 Å². The SMILES string of the molecule is Cc1cc(C(=O)OCC(=O)NCc2ccco2)c(C)n1Cc1ccccc1. The average molecular weight is 366 g/mol. The van der Waals surface area contributed by atoms with Crippen LogP contribution in [0.25, 0.3) is 0 Å². The molecule has 0 spiro atoms. The Bertz CT molecular complexity index is 911. The third kappa shape index (κ3) is 4.67. The number of carbonyl (C=O) groups excluding carboxylic acids is 2. The minimum absolute atomic E-state index is 0.259. The predicted molar refractivity (Wildman–Crippen MR) is 100 cm³/mol. The number of hydrogen-bond acceptors (Lipinski definition) is 4. The molecular weight excluding hydrogens is 344 g/mol. The largest absolute Gasteiger partial charge is 0.467 e. The fraction of sp³-hybridized carbons (Fsp3) is 0.238. The zero-order valence-electron chi connectivity index (χ0n) is 15.4. The molecule has 1 aromatic carbocycles. The molecule has 27 heavy (non-hydrogen) atoms. The maximum absolute atomic E-state index is 12.4. The first-order valence-electron chi connectivity index (χ1n) is 8.71. The number of carbonyl (C=O) groups is 2. The number of nitrogens with zero attached hydrogens (tertiary/aromatic N) is 1. The summed E-state index contributed by atoms with van der Waals surface area (Å²) in [5.74, 6) is -0.243. The van der Waals surface area contributed by atoms with Crippen molar-refractivity contribution in [3.8, 4) is 0 Å². The van der Waals surface area contributed by atoms with E-state index in [4.69, 9.17) is 9.15 Å². The summed E-state index contributed by atoms with van der Waals surface area (Å²) in [7, 11) is 0. The zero-order valence-corrected chi connectivity index (χ0v) is 15.4. The molecule has 1 N–H and O–H groups in total. The number of ether oxygens (including phenoxy) is 1. The number of hydrogen-bond donors (Lipinski definition) is 1. The van der Waals surface area contributed by atoms with E-state index in [-0.39, 0.29) is 19.1 Å². The summed E-state index contributed by atoms with van der Waals surface area (Å²) in [5, 5.41) is 2.64. The van der Waals surface area contributed by atoms with Gasteiger partial charge in [-0.1, -0.05) is 30.3 Å². The highest BCUT2D eigenvalue weighted by molar-refractivity contribution is 5.92. The van der Waals surface area contributed by atoms with Crippen LogP contribution in [0.1, 0.15) is 33.1 Å². The van der Waals surface area contributed by atoms with Gasteiger partial charge in [-0.3, -0.25) is 4.79 Å². The van der Waals surface area contributed by atoms with E-state index < -0.39 is 5.97 Å².